The Bertz CT molecular complexity index is 413. The van der Waals surface area contributed by atoms with Crippen LogP contribution in [0.15, 0.2) is 0 Å². The highest BCUT2D eigenvalue weighted by Gasteiger charge is 2.38. The van der Waals surface area contributed by atoms with Crippen molar-refractivity contribution in [2.24, 2.45) is 11.3 Å². The summed E-state index contributed by atoms with van der Waals surface area (Å²) in [6, 6.07) is -0.666. The highest BCUT2D eigenvalue weighted by atomic mass is 16.5. The van der Waals surface area contributed by atoms with E-state index in [4.69, 9.17) is 9.84 Å². The quantitative estimate of drug-likeness (QED) is 0.670. The van der Waals surface area contributed by atoms with Gasteiger partial charge >= 0.3 is 11.9 Å². The molecule has 0 spiro atoms. The molecule has 0 saturated heterocycles. The third-order valence-electron chi connectivity index (χ3n) is 4.25. The summed E-state index contributed by atoms with van der Waals surface area (Å²) in [6.07, 6.45) is 4.07. The van der Waals surface area contributed by atoms with E-state index in [0.29, 0.717) is 6.42 Å². The topological polar surface area (TPSA) is 92.7 Å². The van der Waals surface area contributed by atoms with Crippen molar-refractivity contribution >= 4 is 17.8 Å². The first-order chi connectivity index (χ1) is 10.3. The average molecular weight is 313 g/mol. The number of aliphatic carboxylic acids is 1. The second-order valence-corrected chi connectivity index (χ2v) is 6.73. The molecule has 1 aliphatic rings. The first kappa shape index (κ1) is 18.5. The molecule has 1 saturated carbocycles. The lowest BCUT2D eigenvalue weighted by atomic mass is 9.79. The van der Waals surface area contributed by atoms with E-state index in [1.807, 2.05) is 13.8 Å². The van der Waals surface area contributed by atoms with Crippen LogP contribution < -0.4 is 5.32 Å². The van der Waals surface area contributed by atoms with Crippen LogP contribution in [0, 0.1) is 11.3 Å². The molecule has 0 aromatic heterocycles. The van der Waals surface area contributed by atoms with E-state index < -0.39 is 23.4 Å². The van der Waals surface area contributed by atoms with Crippen molar-refractivity contribution in [2.75, 3.05) is 7.11 Å². The number of carbonyl (C=O) groups excluding carboxylic acids is 2. The van der Waals surface area contributed by atoms with Crippen LogP contribution >= 0.6 is 0 Å². The molecule has 6 nitrogen and oxygen atoms in total. The molecule has 0 radical (unpaired) electrons. The monoisotopic (exact) mass is 313 g/mol. The SMILES string of the molecule is COC(=O)C(CC(C)C)NC(=O)CC1(CC(=O)O)CCCC1. The highest BCUT2D eigenvalue weighted by Crippen LogP contribution is 2.44. The lowest BCUT2D eigenvalue weighted by molar-refractivity contribution is -0.146. The summed E-state index contributed by atoms with van der Waals surface area (Å²) >= 11 is 0. The van der Waals surface area contributed by atoms with Crippen LogP contribution in [-0.4, -0.2) is 36.1 Å². The Morgan fingerprint density at radius 3 is 2.23 bits per heavy atom. The number of hydrogen-bond donors (Lipinski definition) is 2. The van der Waals surface area contributed by atoms with Crippen molar-refractivity contribution in [3.8, 4) is 0 Å². The molecule has 126 valence electrons. The second-order valence-electron chi connectivity index (χ2n) is 6.73. The van der Waals surface area contributed by atoms with Gasteiger partial charge in [-0.05, 0) is 30.6 Å². The summed E-state index contributed by atoms with van der Waals surface area (Å²) in [5.41, 5.74) is -0.464. The number of ether oxygens (including phenoxy) is 1. The molecule has 22 heavy (non-hydrogen) atoms. The third kappa shape index (κ3) is 5.66. The molecule has 1 amide bonds. The van der Waals surface area contributed by atoms with Gasteiger partial charge in [0.25, 0.3) is 0 Å². The zero-order chi connectivity index (χ0) is 16.8. The Hall–Kier alpha value is -1.59. The minimum absolute atomic E-state index is 0.00743. The molecule has 0 aromatic rings. The van der Waals surface area contributed by atoms with E-state index >= 15 is 0 Å². The van der Waals surface area contributed by atoms with Crippen LogP contribution in [0.5, 0.6) is 0 Å². The number of carbonyl (C=O) groups is 3. The van der Waals surface area contributed by atoms with Crippen molar-refractivity contribution < 1.29 is 24.2 Å². The lowest BCUT2D eigenvalue weighted by Gasteiger charge is -2.27. The Morgan fingerprint density at radius 2 is 1.77 bits per heavy atom. The molecule has 1 rings (SSSR count). The third-order valence-corrected chi connectivity index (χ3v) is 4.25. The Balaban J connectivity index is 2.68. The molecule has 1 unspecified atom stereocenters. The smallest absolute Gasteiger partial charge is 0.328 e. The van der Waals surface area contributed by atoms with E-state index in [0.717, 1.165) is 25.7 Å². The number of esters is 1. The van der Waals surface area contributed by atoms with E-state index in [2.05, 4.69) is 5.32 Å². The first-order valence-electron chi connectivity index (χ1n) is 7.87. The molecular weight excluding hydrogens is 286 g/mol. The maximum Gasteiger partial charge on any atom is 0.328 e. The molecule has 1 fully saturated rings. The minimum Gasteiger partial charge on any atom is -0.481 e. The summed E-state index contributed by atoms with van der Waals surface area (Å²) in [7, 11) is 1.30. The molecule has 0 aromatic carbocycles. The van der Waals surface area contributed by atoms with E-state index in [1.165, 1.54) is 7.11 Å². The maximum atomic E-state index is 12.3. The fraction of sp³-hybridized carbons (Fsp3) is 0.812. The van der Waals surface area contributed by atoms with Gasteiger partial charge in [0.1, 0.15) is 6.04 Å². The van der Waals surface area contributed by atoms with Crippen LogP contribution in [0.4, 0.5) is 0 Å². The summed E-state index contributed by atoms with van der Waals surface area (Å²) in [6.45, 7) is 3.93. The van der Waals surface area contributed by atoms with Gasteiger partial charge in [-0.25, -0.2) is 4.79 Å². The molecule has 0 aliphatic heterocycles. The summed E-state index contributed by atoms with van der Waals surface area (Å²) in [5.74, 6) is -1.36. The average Bonchev–Trinajstić information content (AvgIpc) is 2.83. The van der Waals surface area contributed by atoms with Gasteiger partial charge < -0.3 is 15.2 Å². The normalized spacial score (nSPS) is 18.0. The number of amides is 1. The predicted octanol–water partition coefficient (Wildman–Crippen LogP) is 2.12. The van der Waals surface area contributed by atoms with Crippen LogP contribution in [0.3, 0.4) is 0 Å². The molecule has 1 atom stereocenters. The van der Waals surface area contributed by atoms with Gasteiger partial charge in [-0.2, -0.15) is 0 Å². The summed E-state index contributed by atoms with van der Waals surface area (Å²) < 4.78 is 4.73. The number of rotatable bonds is 8. The Morgan fingerprint density at radius 1 is 1.18 bits per heavy atom. The lowest BCUT2D eigenvalue weighted by Crippen LogP contribution is -2.44. The Labute approximate surface area is 131 Å². The standard InChI is InChI=1S/C16H27NO5/c1-11(2)8-12(15(21)22-3)17-13(18)9-16(10-14(19)20)6-4-5-7-16/h11-12H,4-10H2,1-3H3,(H,17,18)(H,19,20). The molecule has 1 aliphatic carbocycles. The molecule has 0 heterocycles. The van der Waals surface area contributed by atoms with Crippen molar-refractivity contribution in [3.05, 3.63) is 0 Å². The van der Waals surface area contributed by atoms with Gasteiger partial charge in [0, 0.05) is 6.42 Å². The van der Waals surface area contributed by atoms with Gasteiger partial charge in [0.05, 0.1) is 13.5 Å². The van der Waals surface area contributed by atoms with Crippen molar-refractivity contribution in [2.45, 2.75) is 64.8 Å². The highest BCUT2D eigenvalue weighted by molar-refractivity contribution is 5.85. The summed E-state index contributed by atoms with van der Waals surface area (Å²) in [4.78, 5) is 35.1. The fourth-order valence-electron chi connectivity index (χ4n) is 3.28. The Kier molecular flexibility index (Phi) is 6.84. The summed E-state index contributed by atoms with van der Waals surface area (Å²) in [5, 5.41) is 11.8. The van der Waals surface area contributed by atoms with Crippen molar-refractivity contribution in [1.29, 1.82) is 0 Å². The van der Waals surface area contributed by atoms with Crippen molar-refractivity contribution in [3.63, 3.8) is 0 Å². The zero-order valence-corrected chi connectivity index (χ0v) is 13.7. The largest absolute Gasteiger partial charge is 0.481 e. The number of methoxy groups -OCH3 is 1. The minimum atomic E-state index is -0.874. The van der Waals surface area contributed by atoms with Crippen LogP contribution in [0.25, 0.3) is 0 Å². The van der Waals surface area contributed by atoms with Gasteiger partial charge in [-0.15, -0.1) is 0 Å². The number of hydrogen-bond acceptors (Lipinski definition) is 4. The maximum absolute atomic E-state index is 12.3. The zero-order valence-electron chi connectivity index (χ0n) is 13.7. The van der Waals surface area contributed by atoms with Gasteiger partial charge in [-0.1, -0.05) is 26.7 Å². The number of nitrogens with one attached hydrogen (secondary N) is 1. The van der Waals surface area contributed by atoms with E-state index in [-0.39, 0.29) is 24.7 Å². The fourth-order valence-corrected chi connectivity index (χ4v) is 3.28. The van der Waals surface area contributed by atoms with Gasteiger partial charge in [0.2, 0.25) is 5.91 Å². The second kappa shape index (κ2) is 8.15. The van der Waals surface area contributed by atoms with Gasteiger partial charge in [-0.3, -0.25) is 9.59 Å². The number of carboxylic acid groups (broad SMARTS) is 1. The number of carboxylic acids is 1. The molecule has 6 heteroatoms. The van der Waals surface area contributed by atoms with Crippen LogP contribution in [-0.2, 0) is 19.1 Å². The predicted molar refractivity (Wildman–Crippen MR) is 81.2 cm³/mol. The first-order valence-corrected chi connectivity index (χ1v) is 7.87. The molecule has 2 N–H and O–H groups in total. The van der Waals surface area contributed by atoms with Crippen molar-refractivity contribution in [1.82, 2.24) is 5.32 Å². The molecule has 0 bridgehead atoms. The van der Waals surface area contributed by atoms with E-state index in [9.17, 15) is 14.4 Å². The molecular formula is C16H27NO5. The van der Waals surface area contributed by atoms with Gasteiger partial charge in [0.15, 0.2) is 0 Å². The van der Waals surface area contributed by atoms with Crippen LogP contribution in [0.1, 0.15) is 58.8 Å². The van der Waals surface area contributed by atoms with E-state index in [1.54, 1.807) is 0 Å². The van der Waals surface area contributed by atoms with Crippen LogP contribution in [0.2, 0.25) is 0 Å².